The fourth-order valence-corrected chi connectivity index (χ4v) is 3.52. The summed E-state index contributed by atoms with van der Waals surface area (Å²) >= 11 is 0. The van der Waals surface area contributed by atoms with E-state index in [1.165, 1.54) is 19.3 Å². The number of fused-ring (bicyclic) bond motifs is 1. The quantitative estimate of drug-likeness (QED) is 0.336. The number of aromatic nitrogens is 4. The molecule has 2 aromatic carbocycles. The highest BCUT2D eigenvalue weighted by molar-refractivity contribution is 5.86. The second-order valence-corrected chi connectivity index (χ2v) is 8.49. The summed E-state index contributed by atoms with van der Waals surface area (Å²) in [5.41, 5.74) is 3.95. The first-order valence-electron chi connectivity index (χ1n) is 10.9. The van der Waals surface area contributed by atoms with E-state index >= 15 is 0 Å². The van der Waals surface area contributed by atoms with Gasteiger partial charge >= 0.3 is 6.18 Å². The summed E-state index contributed by atoms with van der Waals surface area (Å²) in [6, 6.07) is 10.1. The minimum Gasteiger partial charge on any atom is -0.381 e. The van der Waals surface area contributed by atoms with E-state index < -0.39 is 11.7 Å². The molecule has 9 heteroatoms. The number of hydrogen-bond donors (Lipinski definition) is 2. The van der Waals surface area contributed by atoms with Gasteiger partial charge in [-0.1, -0.05) is 32.0 Å². The molecule has 0 fully saturated rings. The fourth-order valence-electron chi connectivity index (χ4n) is 3.52. The number of alkyl halides is 3. The number of nitrogens with zero attached hydrogens (tertiary/aromatic N) is 4. The van der Waals surface area contributed by atoms with Crippen LogP contribution < -0.4 is 10.6 Å². The molecule has 2 heterocycles. The molecule has 176 valence electrons. The van der Waals surface area contributed by atoms with Gasteiger partial charge in [0.25, 0.3) is 0 Å². The van der Waals surface area contributed by atoms with Gasteiger partial charge in [-0.2, -0.15) is 13.2 Å². The number of nitrogens with one attached hydrogen (secondary N) is 2. The predicted molar refractivity (Wildman–Crippen MR) is 127 cm³/mol. The van der Waals surface area contributed by atoms with Crippen molar-refractivity contribution in [1.82, 2.24) is 19.9 Å². The van der Waals surface area contributed by atoms with Crippen molar-refractivity contribution in [2.45, 2.75) is 46.3 Å². The molecule has 0 aliphatic heterocycles. The van der Waals surface area contributed by atoms with E-state index in [4.69, 9.17) is 0 Å². The average Bonchev–Trinajstić information content (AvgIpc) is 2.79. The monoisotopic (exact) mass is 466 g/mol. The van der Waals surface area contributed by atoms with Crippen molar-refractivity contribution in [1.29, 1.82) is 0 Å². The molecule has 0 radical (unpaired) electrons. The predicted octanol–water partition coefficient (Wildman–Crippen LogP) is 6.53. The van der Waals surface area contributed by atoms with Crippen LogP contribution in [-0.2, 0) is 12.7 Å². The van der Waals surface area contributed by atoms with Crippen molar-refractivity contribution < 1.29 is 13.2 Å². The fraction of sp³-hybridized carbons (Fsp3) is 0.280. The second-order valence-electron chi connectivity index (χ2n) is 8.49. The van der Waals surface area contributed by atoms with E-state index in [0.717, 1.165) is 22.9 Å². The van der Waals surface area contributed by atoms with Crippen molar-refractivity contribution in [3.63, 3.8) is 0 Å². The van der Waals surface area contributed by atoms with Crippen LogP contribution in [0.2, 0.25) is 0 Å². The molecular formula is C25H25F3N6. The zero-order chi connectivity index (χ0) is 24.5. The summed E-state index contributed by atoms with van der Waals surface area (Å²) in [4.78, 5) is 17.6. The van der Waals surface area contributed by atoms with Gasteiger partial charge in [-0.05, 0) is 48.7 Å². The first kappa shape index (κ1) is 23.4. The molecule has 0 saturated carbocycles. The molecule has 34 heavy (non-hydrogen) atoms. The summed E-state index contributed by atoms with van der Waals surface area (Å²) < 4.78 is 39.7. The van der Waals surface area contributed by atoms with Crippen LogP contribution in [0.25, 0.3) is 11.0 Å². The number of benzene rings is 2. The maximum atomic E-state index is 13.2. The highest BCUT2D eigenvalue weighted by Gasteiger charge is 2.32. The van der Waals surface area contributed by atoms with Crippen LogP contribution >= 0.6 is 0 Å². The second kappa shape index (κ2) is 9.24. The van der Waals surface area contributed by atoms with Gasteiger partial charge in [-0.3, -0.25) is 0 Å². The van der Waals surface area contributed by atoms with Crippen LogP contribution in [0.5, 0.6) is 0 Å². The molecule has 0 saturated heterocycles. The summed E-state index contributed by atoms with van der Waals surface area (Å²) in [5.74, 6) is 1.43. The number of aryl methyl sites for hydroxylation is 2. The molecule has 0 atom stereocenters. The van der Waals surface area contributed by atoms with Crippen LogP contribution in [0.15, 0.2) is 48.9 Å². The van der Waals surface area contributed by atoms with Gasteiger partial charge in [-0.15, -0.1) is 0 Å². The first-order chi connectivity index (χ1) is 16.1. The molecule has 6 nitrogen and oxygen atoms in total. The van der Waals surface area contributed by atoms with Gasteiger partial charge in [-0.25, -0.2) is 19.9 Å². The van der Waals surface area contributed by atoms with Gasteiger partial charge in [0.15, 0.2) is 5.82 Å². The Balaban J connectivity index is 1.57. The van der Waals surface area contributed by atoms with E-state index in [1.807, 2.05) is 39.0 Å². The van der Waals surface area contributed by atoms with Crippen molar-refractivity contribution in [2.24, 2.45) is 0 Å². The highest BCUT2D eigenvalue weighted by Crippen LogP contribution is 2.33. The molecule has 0 aliphatic rings. The Bertz CT molecular complexity index is 1330. The first-order valence-corrected chi connectivity index (χ1v) is 10.9. The van der Waals surface area contributed by atoms with E-state index in [1.54, 1.807) is 12.3 Å². The third-order valence-corrected chi connectivity index (χ3v) is 5.51. The van der Waals surface area contributed by atoms with Gasteiger partial charge in [0.1, 0.15) is 23.2 Å². The number of anilines is 3. The van der Waals surface area contributed by atoms with Gasteiger partial charge in [0.2, 0.25) is 0 Å². The molecule has 2 aromatic heterocycles. The van der Waals surface area contributed by atoms with Gasteiger partial charge in [0, 0.05) is 23.8 Å². The van der Waals surface area contributed by atoms with Crippen LogP contribution in [0.1, 0.15) is 47.8 Å². The molecule has 0 unspecified atom stereocenters. The minimum atomic E-state index is -4.39. The summed E-state index contributed by atoms with van der Waals surface area (Å²) in [6.07, 6.45) is -1.24. The Kier molecular flexibility index (Phi) is 6.37. The number of rotatable bonds is 6. The largest absolute Gasteiger partial charge is 0.416 e. The van der Waals surface area contributed by atoms with Crippen molar-refractivity contribution in [3.05, 3.63) is 77.0 Å². The summed E-state index contributed by atoms with van der Waals surface area (Å²) in [6.45, 7) is 7.82. The molecule has 2 N–H and O–H groups in total. The van der Waals surface area contributed by atoms with Crippen LogP contribution in [0.4, 0.5) is 30.4 Å². The normalized spacial score (nSPS) is 11.8. The molecule has 4 aromatic rings. The summed E-state index contributed by atoms with van der Waals surface area (Å²) in [7, 11) is 0. The molecular weight excluding hydrogens is 441 g/mol. The Labute approximate surface area is 195 Å². The molecule has 4 rings (SSSR count). The lowest BCUT2D eigenvalue weighted by Crippen LogP contribution is -2.09. The Morgan fingerprint density at radius 2 is 1.71 bits per heavy atom. The zero-order valence-corrected chi connectivity index (χ0v) is 19.3. The topological polar surface area (TPSA) is 75.6 Å². The molecule has 0 amide bonds. The smallest absolute Gasteiger partial charge is 0.381 e. The minimum absolute atomic E-state index is 0.160. The third kappa shape index (κ3) is 5.08. The van der Waals surface area contributed by atoms with Crippen LogP contribution in [-0.4, -0.2) is 19.9 Å². The van der Waals surface area contributed by atoms with E-state index in [2.05, 4.69) is 30.6 Å². The van der Waals surface area contributed by atoms with Crippen molar-refractivity contribution in [2.75, 3.05) is 10.6 Å². The lowest BCUT2D eigenvalue weighted by Gasteiger charge is -2.15. The third-order valence-electron chi connectivity index (χ3n) is 5.51. The zero-order valence-electron chi connectivity index (χ0n) is 19.3. The maximum absolute atomic E-state index is 13.2. The van der Waals surface area contributed by atoms with Crippen LogP contribution in [0, 0.1) is 13.8 Å². The molecule has 0 spiro atoms. The average molecular weight is 467 g/mol. The number of halogens is 3. The Morgan fingerprint density at radius 1 is 0.941 bits per heavy atom. The van der Waals surface area contributed by atoms with Gasteiger partial charge < -0.3 is 10.6 Å². The Hall–Kier alpha value is -3.75. The highest BCUT2D eigenvalue weighted by atomic mass is 19.4. The Morgan fingerprint density at radius 3 is 2.44 bits per heavy atom. The summed E-state index contributed by atoms with van der Waals surface area (Å²) in [5, 5.41) is 6.43. The van der Waals surface area contributed by atoms with Crippen molar-refractivity contribution in [3.8, 4) is 0 Å². The standard InChI is InChI=1S/C25H25F3N6/c1-14(2)23-30-12-21-22(34-23)24(32-13-31-21)33-20-9-17(7-5-16(20)4)11-29-18-8-6-15(3)19(10-18)25(26,27)28/h5-10,12-14,29H,11H2,1-4H3,(H,31,32,33). The molecule has 0 aliphatic carbocycles. The van der Waals surface area contributed by atoms with E-state index in [-0.39, 0.29) is 11.5 Å². The van der Waals surface area contributed by atoms with Crippen molar-refractivity contribution >= 4 is 28.2 Å². The SMILES string of the molecule is Cc1ccc(CNc2ccc(C)c(C(F)(F)F)c2)cc1Nc1ncnc2cnc(C(C)C)nc12. The lowest BCUT2D eigenvalue weighted by molar-refractivity contribution is -0.138. The van der Waals surface area contributed by atoms with Gasteiger partial charge in [0.05, 0.1) is 11.8 Å². The molecule has 0 bridgehead atoms. The van der Waals surface area contributed by atoms with E-state index in [9.17, 15) is 13.2 Å². The number of hydrogen-bond acceptors (Lipinski definition) is 6. The maximum Gasteiger partial charge on any atom is 0.416 e. The van der Waals surface area contributed by atoms with Crippen LogP contribution in [0.3, 0.4) is 0 Å². The van der Waals surface area contributed by atoms with E-state index in [0.29, 0.717) is 34.9 Å². The lowest BCUT2D eigenvalue weighted by atomic mass is 10.1.